The zero-order chi connectivity index (χ0) is 24.3. The molecule has 0 aliphatic rings. The van der Waals surface area contributed by atoms with Gasteiger partial charge in [0.15, 0.2) is 0 Å². The number of hydrogen-bond acceptors (Lipinski definition) is 5. The second-order valence-electron chi connectivity index (χ2n) is 7.37. The number of methoxy groups -OCH3 is 1. The molecule has 0 aliphatic heterocycles. The van der Waals surface area contributed by atoms with E-state index in [9.17, 15) is 9.59 Å². The minimum absolute atomic E-state index is 0.226. The quantitative estimate of drug-likeness (QED) is 0.289. The van der Waals surface area contributed by atoms with E-state index < -0.39 is 11.9 Å². The second-order valence-corrected chi connectivity index (χ2v) is 7.78. The molecule has 3 aromatic rings. The third-order valence-corrected chi connectivity index (χ3v) is 5.20. The Labute approximate surface area is 203 Å². The van der Waals surface area contributed by atoms with Crippen molar-refractivity contribution in [2.45, 2.75) is 26.4 Å². The molecule has 0 aromatic heterocycles. The smallest absolute Gasteiger partial charge is 0.326 e. The molecule has 0 bridgehead atoms. The van der Waals surface area contributed by atoms with Crippen molar-refractivity contribution in [3.05, 3.63) is 94.5 Å². The second kappa shape index (κ2) is 12.4. The maximum absolute atomic E-state index is 12.2. The van der Waals surface area contributed by atoms with Crippen LogP contribution in [0.4, 0.5) is 10.5 Å². The number of carbonyl (C=O) groups excluding carboxylic acids is 2. The number of anilines is 1. The third kappa shape index (κ3) is 7.08. The minimum Gasteiger partial charge on any atom is -0.497 e. The summed E-state index contributed by atoms with van der Waals surface area (Å²) in [7, 11) is 1.63. The van der Waals surface area contributed by atoms with Crippen LogP contribution in [0.25, 0.3) is 0 Å². The first kappa shape index (κ1) is 24.8. The molecule has 7 nitrogen and oxygen atoms in total. The fourth-order valence-electron chi connectivity index (χ4n) is 3.11. The summed E-state index contributed by atoms with van der Waals surface area (Å²) in [6.07, 6.45) is 1.73. The summed E-state index contributed by atoms with van der Waals surface area (Å²) >= 11 is 5.99. The van der Waals surface area contributed by atoms with Gasteiger partial charge < -0.3 is 14.9 Å². The van der Waals surface area contributed by atoms with Gasteiger partial charge in [-0.3, -0.25) is 10.1 Å². The normalized spacial score (nSPS) is 11.0. The van der Waals surface area contributed by atoms with Crippen molar-refractivity contribution in [2.75, 3.05) is 12.4 Å². The molecular weight excluding hydrogens is 454 g/mol. The van der Waals surface area contributed by atoms with Gasteiger partial charge in [0.2, 0.25) is 0 Å². The molecule has 0 saturated carbocycles. The Morgan fingerprint density at radius 2 is 1.68 bits per heavy atom. The van der Waals surface area contributed by atoms with Crippen LogP contribution >= 0.6 is 11.6 Å². The molecule has 34 heavy (non-hydrogen) atoms. The molecule has 0 saturated heterocycles. The van der Waals surface area contributed by atoms with Gasteiger partial charge >= 0.3 is 6.03 Å². The number of nitrogens with zero attached hydrogens (tertiary/aromatic N) is 1. The fraction of sp³-hybridized carbons (Fsp3) is 0.192. The molecule has 176 valence electrons. The highest BCUT2D eigenvalue weighted by atomic mass is 35.5. The first-order chi connectivity index (χ1) is 16.5. The first-order valence-corrected chi connectivity index (χ1v) is 11.2. The van der Waals surface area contributed by atoms with Crippen LogP contribution in [-0.4, -0.2) is 24.8 Å². The van der Waals surface area contributed by atoms with E-state index in [1.54, 1.807) is 43.5 Å². The number of nitrogens with one attached hydrogen (secondary N) is 2. The Bertz CT molecular complexity index is 1150. The lowest BCUT2D eigenvalue weighted by Gasteiger charge is -2.09. The summed E-state index contributed by atoms with van der Waals surface area (Å²) in [5.41, 5.74) is 3.49. The zero-order valence-electron chi connectivity index (χ0n) is 19.0. The van der Waals surface area contributed by atoms with Crippen molar-refractivity contribution in [2.24, 2.45) is 5.16 Å². The average molecular weight is 480 g/mol. The predicted molar refractivity (Wildman–Crippen MR) is 134 cm³/mol. The molecule has 0 heterocycles. The average Bonchev–Trinajstić information content (AvgIpc) is 2.85. The van der Waals surface area contributed by atoms with Gasteiger partial charge in [0.1, 0.15) is 12.4 Å². The Kier molecular flexibility index (Phi) is 9.05. The van der Waals surface area contributed by atoms with Crippen LogP contribution in [0.3, 0.4) is 0 Å². The van der Waals surface area contributed by atoms with E-state index in [-0.39, 0.29) is 17.2 Å². The number of benzene rings is 3. The number of hydrogen-bond donors (Lipinski definition) is 2. The molecule has 2 N–H and O–H groups in total. The highest BCUT2D eigenvalue weighted by Gasteiger charge is 2.13. The van der Waals surface area contributed by atoms with Crippen molar-refractivity contribution in [1.82, 2.24) is 5.32 Å². The van der Waals surface area contributed by atoms with Crippen molar-refractivity contribution < 1.29 is 19.2 Å². The van der Waals surface area contributed by atoms with E-state index in [1.165, 1.54) is 0 Å². The molecule has 3 amide bonds. The Morgan fingerprint density at radius 1 is 0.971 bits per heavy atom. The Morgan fingerprint density at radius 3 is 2.32 bits per heavy atom. The van der Waals surface area contributed by atoms with Crippen molar-refractivity contribution in [3.8, 4) is 5.75 Å². The molecule has 0 spiro atoms. The molecule has 3 aromatic carbocycles. The van der Waals surface area contributed by atoms with Crippen LogP contribution in [0.2, 0.25) is 5.02 Å². The third-order valence-electron chi connectivity index (χ3n) is 4.87. The molecule has 8 heteroatoms. The Hall–Kier alpha value is -3.84. The highest BCUT2D eigenvalue weighted by Crippen LogP contribution is 2.16. The number of urea groups is 1. The molecule has 0 atom stereocenters. The maximum atomic E-state index is 12.2. The van der Waals surface area contributed by atoms with Crippen LogP contribution < -0.4 is 15.4 Å². The van der Waals surface area contributed by atoms with E-state index >= 15 is 0 Å². The lowest BCUT2D eigenvalue weighted by molar-refractivity contribution is 0.0967. The summed E-state index contributed by atoms with van der Waals surface area (Å²) in [6, 6.07) is 20.6. The van der Waals surface area contributed by atoms with Gasteiger partial charge in [-0.2, -0.15) is 0 Å². The van der Waals surface area contributed by atoms with E-state index in [2.05, 4.69) is 22.7 Å². The number of ether oxygens (including phenoxy) is 1. The molecule has 0 fully saturated rings. The van der Waals surface area contributed by atoms with E-state index in [0.29, 0.717) is 5.69 Å². The number of rotatable bonds is 9. The van der Waals surface area contributed by atoms with E-state index in [1.807, 2.05) is 36.4 Å². The zero-order valence-corrected chi connectivity index (χ0v) is 19.8. The summed E-state index contributed by atoms with van der Waals surface area (Å²) < 4.78 is 5.20. The number of imide groups is 1. The molecule has 0 radical (unpaired) electrons. The van der Waals surface area contributed by atoms with Gasteiger partial charge in [-0.25, -0.2) is 4.79 Å². The van der Waals surface area contributed by atoms with Crippen LogP contribution in [0, 0.1) is 0 Å². The van der Waals surface area contributed by atoms with Crippen LogP contribution in [-0.2, 0) is 11.4 Å². The first-order valence-electron chi connectivity index (χ1n) is 10.8. The van der Waals surface area contributed by atoms with E-state index in [4.69, 9.17) is 21.2 Å². The van der Waals surface area contributed by atoms with Crippen molar-refractivity contribution in [1.29, 1.82) is 0 Å². The topological polar surface area (TPSA) is 89.0 Å². The highest BCUT2D eigenvalue weighted by molar-refractivity contribution is 6.34. The van der Waals surface area contributed by atoms with Crippen LogP contribution in [0.1, 0.15) is 41.3 Å². The van der Waals surface area contributed by atoms with Crippen molar-refractivity contribution in [3.63, 3.8) is 0 Å². The summed E-state index contributed by atoms with van der Waals surface area (Å²) in [6.45, 7) is 2.36. The van der Waals surface area contributed by atoms with Gasteiger partial charge in [-0.05, 0) is 66.1 Å². The lowest BCUT2D eigenvalue weighted by atomic mass is 10.1. The van der Waals surface area contributed by atoms with Crippen molar-refractivity contribution >= 4 is 34.9 Å². The molecular formula is C26H26ClN3O4. The molecule has 0 aliphatic carbocycles. The van der Waals surface area contributed by atoms with Crippen LogP contribution in [0.15, 0.2) is 78.0 Å². The monoisotopic (exact) mass is 479 g/mol. The maximum Gasteiger partial charge on any atom is 0.326 e. The SMILES string of the molecule is CCC/C(=N\OCc1ccc(NC(=O)NC(=O)c2ccccc2Cl)cc1)c1ccc(OC)cc1. The van der Waals surface area contributed by atoms with Gasteiger partial charge in [0.05, 0.1) is 23.4 Å². The number of oxime groups is 1. The lowest BCUT2D eigenvalue weighted by Crippen LogP contribution is -2.34. The summed E-state index contributed by atoms with van der Waals surface area (Å²) in [4.78, 5) is 29.9. The summed E-state index contributed by atoms with van der Waals surface area (Å²) in [5, 5.41) is 9.47. The predicted octanol–water partition coefficient (Wildman–Crippen LogP) is 6.03. The number of halogens is 1. The summed E-state index contributed by atoms with van der Waals surface area (Å²) in [5.74, 6) is 0.210. The Balaban J connectivity index is 1.53. The van der Waals surface area contributed by atoms with Gasteiger partial charge in [0, 0.05) is 5.69 Å². The molecule has 3 rings (SSSR count). The number of amides is 3. The molecule has 0 unspecified atom stereocenters. The van der Waals surface area contributed by atoms with Gasteiger partial charge in [0.25, 0.3) is 5.91 Å². The van der Waals surface area contributed by atoms with Crippen LogP contribution in [0.5, 0.6) is 5.75 Å². The largest absolute Gasteiger partial charge is 0.497 e. The van der Waals surface area contributed by atoms with Gasteiger partial charge in [-0.1, -0.05) is 54.4 Å². The van der Waals surface area contributed by atoms with Gasteiger partial charge in [-0.15, -0.1) is 0 Å². The minimum atomic E-state index is -0.651. The van der Waals surface area contributed by atoms with E-state index in [0.717, 1.165) is 35.4 Å². The fourth-order valence-corrected chi connectivity index (χ4v) is 3.33. The number of carbonyl (C=O) groups is 2. The standard InChI is InChI=1S/C26H26ClN3O4/c1-3-6-24(19-11-15-21(33-2)16-12-19)30-34-17-18-9-13-20(14-10-18)28-26(32)29-25(31)22-7-4-5-8-23(22)27/h4-5,7-16H,3,6,17H2,1-2H3,(H2,28,29,31,32)/b30-24+.